The van der Waals surface area contributed by atoms with Crippen LogP contribution in [0.5, 0.6) is 0 Å². The summed E-state index contributed by atoms with van der Waals surface area (Å²) in [6, 6.07) is 11.4. The van der Waals surface area contributed by atoms with E-state index < -0.39 is 35.4 Å². The molecule has 0 saturated carbocycles. The predicted octanol–water partition coefficient (Wildman–Crippen LogP) is 3.21. The molecule has 218 valence electrons. The van der Waals surface area contributed by atoms with Gasteiger partial charge < -0.3 is 31.5 Å². The number of amides is 3. The Hall–Kier alpha value is -3.50. The minimum Gasteiger partial charge on any atom is -0.453 e. The van der Waals surface area contributed by atoms with Crippen molar-refractivity contribution in [3.05, 3.63) is 59.4 Å². The van der Waals surface area contributed by atoms with Crippen LogP contribution in [0.4, 0.5) is 9.18 Å². The van der Waals surface area contributed by atoms with Gasteiger partial charge in [0.05, 0.1) is 18.8 Å². The molecule has 2 aromatic carbocycles. The van der Waals surface area contributed by atoms with Gasteiger partial charge >= 0.3 is 6.09 Å². The summed E-state index contributed by atoms with van der Waals surface area (Å²) in [7, 11) is 1.28. The molecule has 2 aromatic rings. The van der Waals surface area contributed by atoms with Crippen molar-refractivity contribution in [2.75, 3.05) is 26.7 Å². The minimum atomic E-state index is -1.50. The molecule has 10 heteroatoms. The van der Waals surface area contributed by atoms with Crippen LogP contribution in [0, 0.1) is 11.7 Å². The molecular formula is C30H41FN4O5. The molecule has 0 unspecified atom stereocenters. The zero-order valence-corrected chi connectivity index (χ0v) is 23.3. The molecule has 3 rings (SSSR count). The van der Waals surface area contributed by atoms with Crippen LogP contribution >= 0.6 is 0 Å². The van der Waals surface area contributed by atoms with E-state index in [1.807, 2.05) is 31.2 Å². The van der Waals surface area contributed by atoms with E-state index in [1.165, 1.54) is 13.2 Å². The summed E-state index contributed by atoms with van der Waals surface area (Å²) in [4.78, 5) is 37.6. The Kier molecular flexibility index (Phi) is 11.0. The number of primary amides is 1. The summed E-state index contributed by atoms with van der Waals surface area (Å²) in [5.74, 6) is -1.68. The van der Waals surface area contributed by atoms with E-state index >= 15 is 4.39 Å². The lowest BCUT2D eigenvalue weighted by Crippen LogP contribution is -2.49. The maximum atomic E-state index is 15.6. The van der Waals surface area contributed by atoms with E-state index in [2.05, 4.69) is 10.1 Å². The van der Waals surface area contributed by atoms with Gasteiger partial charge in [-0.1, -0.05) is 43.3 Å². The van der Waals surface area contributed by atoms with Gasteiger partial charge in [0.1, 0.15) is 5.82 Å². The number of rotatable bonds is 12. The molecule has 6 N–H and O–H groups in total. The molecule has 3 amide bonds. The summed E-state index contributed by atoms with van der Waals surface area (Å²) in [6.45, 7) is 3.05. The number of aryl methyl sites for hydroxylation is 1. The van der Waals surface area contributed by atoms with Crippen LogP contribution in [-0.4, -0.2) is 60.7 Å². The third kappa shape index (κ3) is 7.57. The molecule has 0 spiro atoms. The molecule has 0 aromatic heterocycles. The fraction of sp³-hybridized carbons (Fsp3) is 0.500. The van der Waals surface area contributed by atoms with Crippen molar-refractivity contribution in [3.63, 3.8) is 0 Å². The first-order valence-electron chi connectivity index (χ1n) is 13.9. The number of carbonyl (C=O) groups is 3. The second-order valence-electron chi connectivity index (χ2n) is 10.4. The number of nitrogens with two attached hydrogens (primary N) is 2. The van der Waals surface area contributed by atoms with Crippen molar-refractivity contribution in [1.29, 1.82) is 0 Å². The quantitative estimate of drug-likeness (QED) is 0.295. The molecule has 1 saturated heterocycles. The van der Waals surface area contributed by atoms with Gasteiger partial charge in [0.15, 0.2) is 0 Å². The number of nitrogens with zero attached hydrogens (tertiary/aromatic N) is 1. The highest BCUT2D eigenvalue weighted by Gasteiger charge is 2.43. The SMILES string of the molecule is CCc1cccc(-c2c(F)cccc2[C@](O)(CCCNC(=O)OC)[C@@H]2CCCN(C(=O)CC[C@H](N)C(N)=O)C2)c1. The summed E-state index contributed by atoms with van der Waals surface area (Å²) < 4.78 is 20.2. The lowest BCUT2D eigenvalue weighted by Gasteiger charge is -2.44. The Bertz CT molecular complexity index is 1190. The fourth-order valence-electron chi connectivity index (χ4n) is 5.48. The third-order valence-corrected chi connectivity index (χ3v) is 7.78. The van der Waals surface area contributed by atoms with Crippen molar-refractivity contribution < 1.29 is 28.6 Å². The standard InChI is InChI=1S/C30H41FN4O5/c1-3-20-8-4-9-21(18-20)27-23(11-5-12-24(27)31)30(39,15-7-16-34-29(38)40-2)22-10-6-17-35(19-22)26(36)14-13-25(32)28(33)37/h4-5,8-9,11-12,18,22,25,39H,3,6-7,10,13-17,19,32H2,1-2H3,(H2,33,37)(H,34,38)/t22-,25+,30+/m1/s1. The van der Waals surface area contributed by atoms with E-state index in [1.54, 1.807) is 17.0 Å². The van der Waals surface area contributed by atoms with E-state index in [-0.39, 0.29) is 38.3 Å². The van der Waals surface area contributed by atoms with Crippen molar-refractivity contribution in [2.24, 2.45) is 17.4 Å². The fourth-order valence-corrected chi connectivity index (χ4v) is 5.48. The summed E-state index contributed by atoms with van der Waals surface area (Å²) in [6.07, 6.45) is 2.30. The number of hydrogen-bond donors (Lipinski definition) is 4. The highest BCUT2D eigenvalue weighted by atomic mass is 19.1. The van der Waals surface area contributed by atoms with E-state index in [0.29, 0.717) is 42.5 Å². The number of methoxy groups -OCH3 is 1. The van der Waals surface area contributed by atoms with Crippen molar-refractivity contribution in [1.82, 2.24) is 10.2 Å². The molecule has 9 nitrogen and oxygen atoms in total. The molecule has 1 fully saturated rings. The Morgan fingerprint density at radius 1 is 1.25 bits per heavy atom. The van der Waals surface area contributed by atoms with Gasteiger partial charge in [-0.15, -0.1) is 0 Å². The molecule has 40 heavy (non-hydrogen) atoms. The number of likely N-dealkylation sites (tertiary alicyclic amines) is 1. The van der Waals surface area contributed by atoms with Crippen LogP contribution in [0.25, 0.3) is 11.1 Å². The Labute approximate surface area is 235 Å². The number of hydrogen-bond acceptors (Lipinski definition) is 6. The van der Waals surface area contributed by atoms with Crippen LogP contribution in [0.15, 0.2) is 42.5 Å². The number of piperidine rings is 1. The average molecular weight is 557 g/mol. The average Bonchev–Trinajstić information content (AvgIpc) is 2.97. The molecule has 1 heterocycles. The number of alkyl carbamates (subject to hydrolysis) is 1. The highest BCUT2D eigenvalue weighted by Crippen LogP contribution is 2.44. The first-order chi connectivity index (χ1) is 19.1. The smallest absolute Gasteiger partial charge is 0.406 e. The predicted molar refractivity (Wildman–Crippen MR) is 150 cm³/mol. The lowest BCUT2D eigenvalue weighted by molar-refractivity contribution is -0.137. The normalized spacial score (nSPS) is 17.5. The Balaban J connectivity index is 1.96. The topological polar surface area (TPSA) is 148 Å². The molecule has 0 aliphatic carbocycles. The number of ether oxygens (including phenoxy) is 1. The number of aliphatic hydroxyl groups is 1. The summed E-state index contributed by atoms with van der Waals surface area (Å²) in [5.41, 5.74) is 11.9. The minimum absolute atomic E-state index is 0.0628. The largest absolute Gasteiger partial charge is 0.453 e. The molecule has 0 bridgehead atoms. The zero-order chi connectivity index (χ0) is 29.3. The maximum absolute atomic E-state index is 15.6. The highest BCUT2D eigenvalue weighted by molar-refractivity contribution is 5.81. The number of halogens is 1. The second-order valence-corrected chi connectivity index (χ2v) is 10.4. The van der Waals surface area contributed by atoms with Gasteiger partial charge in [-0.25, -0.2) is 9.18 Å². The van der Waals surface area contributed by atoms with Crippen LogP contribution in [0.2, 0.25) is 0 Å². The first-order valence-corrected chi connectivity index (χ1v) is 13.9. The van der Waals surface area contributed by atoms with E-state index in [0.717, 1.165) is 12.0 Å². The Morgan fingerprint density at radius 3 is 2.70 bits per heavy atom. The van der Waals surface area contributed by atoms with Gasteiger partial charge in [-0.3, -0.25) is 9.59 Å². The summed E-state index contributed by atoms with van der Waals surface area (Å²) in [5, 5.41) is 15.1. The second kappa shape index (κ2) is 14.2. The van der Waals surface area contributed by atoms with Crippen LogP contribution in [-0.2, 0) is 26.3 Å². The first kappa shape index (κ1) is 31.0. The monoisotopic (exact) mass is 556 g/mol. The Morgan fingerprint density at radius 2 is 2.00 bits per heavy atom. The lowest BCUT2D eigenvalue weighted by atomic mass is 9.72. The number of benzene rings is 2. The van der Waals surface area contributed by atoms with Gasteiger partial charge in [0, 0.05) is 37.5 Å². The van der Waals surface area contributed by atoms with Crippen LogP contribution in [0.1, 0.15) is 56.6 Å². The molecule has 3 atom stereocenters. The van der Waals surface area contributed by atoms with Gasteiger partial charge in [-0.05, 0) is 61.3 Å². The molecular weight excluding hydrogens is 515 g/mol. The van der Waals surface area contributed by atoms with Gasteiger partial charge in [-0.2, -0.15) is 0 Å². The zero-order valence-electron chi connectivity index (χ0n) is 23.3. The molecule has 1 aliphatic rings. The van der Waals surface area contributed by atoms with Crippen molar-refractivity contribution >= 4 is 17.9 Å². The molecule has 0 radical (unpaired) electrons. The van der Waals surface area contributed by atoms with E-state index in [4.69, 9.17) is 11.5 Å². The third-order valence-electron chi connectivity index (χ3n) is 7.78. The van der Waals surface area contributed by atoms with Crippen molar-refractivity contribution in [2.45, 2.75) is 63.5 Å². The summed E-state index contributed by atoms with van der Waals surface area (Å²) >= 11 is 0. The number of carbonyl (C=O) groups excluding carboxylic acids is 3. The van der Waals surface area contributed by atoms with Gasteiger partial charge in [0.25, 0.3) is 0 Å². The van der Waals surface area contributed by atoms with Crippen LogP contribution < -0.4 is 16.8 Å². The molecule has 1 aliphatic heterocycles. The number of nitrogens with one attached hydrogen (secondary N) is 1. The van der Waals surface area contributed by atoms with Crippen LogP contribution in [0.3, 0.4) is 0 Å². The maximum Gasteiger partial charge on any atom is 0.406 e. The van der Waals surface area contributed by atoms with Gasteiger partial charge in [0.2, 0.25) is 11.8 Å². The van der Waals surface area contributed by atoms with Crippen molar-refractivity contribution in [3.8, 4) is 11.1 Å². The van der Waals surface area contributed by atoms with E-state index in [9.17, 15) is 19.5 Å².